The van der Waals surface area contributed by atoms with Crippen molar-refractivity contribution in [3.8, 4) is 0 Å². The van der Waals surface area contributed by atoms with Crippen LogP contribution < -0.4 is 10.5 Å². The molecule has 3 aromatic rings. The highest BCUT2D eigenvalue weighted by atomic mass is 16.2. The molecule has 0 unspecified atom stereocenters. The van der Waals surface area contributed by atoms with Crippen molar-refractivity contribution >= 4 is 22.5 Å². The highest BCUT2D eigenvalue weighted by molar-refractivity contribution is 5.91. The number of carbonyl (C=O) groups excluding carboxylic acids is 1. The summed E-state index contributed by atoms with van der Waals surface area (Å²) in [6, 6.07) is 17.2. The second kappa shape index (κ2) is 6.08. The number of anilines is 1. The number of pyridine rings is 1. The normalized spacial score (nSPS) is 10.7. The molecule has 2 aromatic carbocycles. The molecule has 0 saturated heterocycles. The molecule has 116 valence electrons. The average molecular weight is 306 g/mol. The average Bonchev–Trinajstić information content (AvgIpc) is 2.52. The molecule has 0 bridgehead atoms. The highest BCUT2D eigenvalue weighted by Gasteiger charge is 2.14. The molecule has 4 nitrogen and oxygen atoms in total. The monoisotopic (exact) mass is 306 g/mol. The van der Waals surface area contributed by atoms with Gasteiger partial charge in [-0.05, 0) is 42.1 Å². The number of nitrogens with one attached hydrogen (secondary N) is 1. The number of fused-ring (bicyclic) bond motifs is 1. The van der Waals surface area contributed by atoms with E-state index >= 15 is 0 Å². The molecule has 1 aromatic heterocycles. The largest absolute Gasteiger partial charge is 0.322 e. The maximum atomic E-state index is 12.3. The number of H-pyrrole nitrogens is 1. The summed E-state index contributed by atoms with van der Waals surface area (Å²) in [7, 11) is 0. The number of hydrogen-bond acceptors (Lipinski definition) is 2. The summed E-state index contributed by atoms with van der Waals surface area (Å²) in [6.45, 7) is 3.74. The highest BCUT2D eigenvalue weighted by Crippen LogP contribution is 2.19. The number of aromatic amines is 1. The summed E-state index contributed by atoms with van der Waals surface area (Å²) in [5.41, 5.74) is 3.07. The van der Waals surface area contributed by atoms with Crippen molar-refractivity contribution in [1.29, 1.82) is 0 Å². The standard InChI is InChI=1S/C19H18N2O2/c1-13-6-5-8-17(10-13)21(14(2)22)12-16-11-15-7-3-4-9-18(15)20-19(16)23/h3-11H,12H2,1-2H3,(H,20,23). The number of amides is 1. The molecule has 0 radical (unpaired) electrons. The van der Waals surface area contributed by atoms with Crippen molar-refractivity contribution < 1.29 is 4.79 Å². The van der Waals surface area contributed by atoms with Gasteiger partial charge in [-0.25, -0.2) is 0 Å². The molecule has 0 spiro atoms. The topological polar surface area (TPSA) is 53.2 Å². The minimum Gasteiger partial charge on any atom is -0.322 e. The van der Waals surface area contributed by atoms with Crippen LogP contribution in [0, 0.1) is 6.92 Å². The van der Waals surface area contributed by atoms with Crippen LogP contribution in [0.3, 0.4) is 0 Å². The van der Waals surface area contributed by atoms with E-state index < -0.39 is 0 Å². The van der Waals surface area contributed by atoms with Crippen molar-refractivity contribution in [1.82, 2.24) is 4.98 Å². The summed E-state index contributed by atoms with van der Waals surface area (Å²) in [5.74, 6) is -0.0943. The number of nitrogens with zero attached hydrogens (tertiary/aromatic N) is 1. The molecule has 0 fully saturated rings. The first-order valence-electron chi connectivity index (χ1n) is 7.50. The molecule has 0 aliphatic carbocycles. The SMILES string of the molecule is CC(=O)N(Cc1cc2ccccc2[nH]c1=O)c1cccc(C)c1. The summed E-state index contributed by atoms with van der Waals surface area (Å²) < 4.78 is 0. The van der Waals surface area contributed by atoms with E-state index in [1.807, 2.05) is 61.5 Å². The van der Waals surface area contributed by atoms with Gasteiger partial charge < -0.3 is 9.88 Å². The molecule has 3 rings (SSSR count). The lowest BCUT2D eigenvalue weighted by Crippen LogP contribution is -2.30. The molecule has 4 heteroatoms. The van der Waals surface area contributed by atoms with E-state index in [-0.39, 0.29) is 18.0 Å². The van der Waals surface area contributed by atoms with Crippen LogP contribution in [-0.4, -0.2) is 10.9 Å². The maximum Gasteiger partial charge on any atom is 0.253 e. The number of aryl methyl sites for hydroxylation is 1. The van der Waals surface area contributed by atoms with E-state index in [9.17, 15) is 9.59 Å². The smallest absolute Gasteiger partial charge is 0.253 e. The van der Waals surface area contributed by atoms with Crippen LogP contribution >= 0.6 is 0 Å². The molecule has 1 heterocycles. The Hall–Kier alpha value is -2.88. The fourth-order valence-electron chi connectivity index (χ4n) is 2.66. The van der Waals surface area contributed by atoms with Gasteiger partial charge in [-0.1, -0.05) is 30.3 Å². The Morgan fingerprint density at radius 3 is 2.61 bits per heavy atom. The van der Waals surface area contributed by atoms with Crippen LogP contribution in [0.1, 0.15) is 18.1 Å². The van der Waals surface area contributed by atoms with E-state index in [1.165, 1.54) is 6.92 Å². The zero-order valence-electron chi connectivity index (χ0n) is 13.2. The van der Waals surface area contributed by atoms with Crippen LogP contribution in [0.5, 0.6) is 0 Å². The molecule has 0 aliphatic heterocycles. The Morgan fingerprint density at radius 2 is 1.87 bits per heavy atom. The van der Waals surface area contributed by atoms with Gasteiger partial charge in [0.25, 0.3) is 5.56 Å². The minimum absolute atomic E-state index is 0.0943. The number of aromatic nitrogens is 1. The Labute approximate surface area is 134 Å². The Kier molecular flexibility index (Phi) is 3.98. The second-order valence-corrected chi connectivity index (χ2v) is 5.66. The summed E-state index contributed by atoms with van der Waals surface area (Å²) >= 11 is 0. The lowest BCUT2D eigenvalue weighted by molar-refractivity contribution is -0.116. The van der Waals surface area contributed by atoms with Crippen molar-refractivity contribution in [3.05, 3.63) is 76.1 Å². The third-order valence-corrected chi connectivity index (χ3v) is 3.85. The van der Waals surface area contributed by atoms with E-state index in [2.05, 4.69) is 4.98 Å². The maximum absolute atomic E-state index is 12.3. The van der Waals surface area contributed by atoms with E-state index in [0.29, 0.717) is 5.56 Å². The van der Waals surface area contributed by atoms with Gasteiger partial charge in [0.2, 0.25) is 5.91 Å². The minimum atomic E-state index is -0.164. The fraction of sp³-hybridized carbons (Fsp3) is 0.158. The van der Waals surface area contributed by atoms with Crippen LogP contribution in [0.4, 0.5) is 5.69 Å². The van der Waals surface area contributed by atoms with Crippen LogP contribution in [0.2, 0.25) is 0 Å². The predicted octanol–water partition coefficient (Wildman–Crippen LogP) is 3.39. The van der Waals surface area contributed by atoms with Crippen LogP contribution in [-0.2, 0) is 11.3 Å². The van der Waals surface area contributed by atoms with Gasteiger partial charge in [0.1, 0.15) is 0 Å². The Bertz CT molecular complexity index is 928. The Morgan fingerprint density at radius 1 is 1.09 bits per heavy atom. The molecule has 0 saturated carbocycles. The fourth-order valence-corrected chi connectivity index (χ4v) is 2.66. The lowest BCUT2D eigenvalue weighted by Gasteiger charge is -2.21. The van der Waals surface area contributed by atoms with Crippen LogP contribution in [0.25, 0.3) is 10.9 Å². The molecule has 0 atom stereocenters. The number of hydrogen-bond donors (Lipinski definition) is 1. The van der Waals surface area contributed by atoms with Gasteiger partial charge in [0.05, 0.1) is 6.54 Å². The first kappa shape index (κ1) is 15.0. The van der Waals surface area contributed by atoms with Gasteiger partial charge in [-0.3, -0.25) is 9.59 Å². The van der Waals surface area contributed by atoms with Gasteiger partial charge in [0, 0.05) is 23.7 Å². The van der Waals surface area contributed by atoms with Crippen molar-refractivity contribution in [2.75, 3.05) is 4.90 Å². The number of para-hydroxylation sites is 1. The number of rotatable bonds is 3. The third kappa shape index (κ3) is 3.16. The molecule has 1 amide bonds. The molecule has 0 aliphatic rings. The van der Waals surface area contributed by atoms with Crippen molar-refractivity contribution in [2.24, 2.45) is 0 Å². The molecular formula is C19H18N2O2. The van der Waals surface area contributed by atoms with Gasteiger partial charge in [0.15, 0.2) is 0 Å². The van der Waals surface area contributed by atoms with E-state index in [1.54, 1.807) is 4.90 Å². The van der Waals surface area contributed by atoms with E-state index in [0.717, 1.165) is 22.2 Å². The molecular weight excluding hydrogens is 288 g/mol. The first-order chi connectivity index (χ1) is 11.0. The quantitative estimate of drug-likeness (QED) is 0.806. The predicted molar refractivity (Wildman–Crippen MR) is 92.6 cm³/mol. The summed E-state index contributed by atoms with van der Waals surface area (Å²) in [6.07, 6.45) is 0. The second-order valence-electron chi connectivity index (χ2n) is 5.66. The zero-order chi connectivity index (χ0) is 16.4. The van der Waals surface area contributed by atoms with Gasteiger partial charge in [-0.15, -0.1) is 0 Å². The van der Waals surface area contributed by atoms with Crippen LogP contribution in [0.15, 0.2) is 59.4 Å². The van der Waals surface area contributed by atoms with Gasteiger partial charge in [-0.2, -0.15) is 0 Å². The summed E-state index contributed by atoms with van der Waals surface area (Å²) in [5, 5.41) is 0.954. The number of carbonyl (C=O) groups is 1. The van der Waals surface area contributed by atoms with Gasteiger partial charge >= 0.3 is 0 Å². The lowest BCUT2D eigenvalue weighted by atomic mass is 10.1. The van der Waals surface area contributed by atoms with E-state index in [4.69, 9.17) is 0 Å². The molecule has 23 heavy (non-hydrogen) atoms. The molecule has 1 N–H and O–H groups in total. The number of benzene rings is 2. The van der Waals surface area contributed by atoms with Crippen molar-refractivity contribution in [2.45, 2.75) is 20.4 Å². The Balaban J connectivity index is 2.02. The third-order valence-electron chi connectivity index (χ3n) is 3.85. The zero-order valence-corrected chi connectivity index (χ0v) is 13.2. The van der Waals surface area contributed by atoms with Crippen molar-refractivity contribution in [3.63, 3.8) is 0 Å². The summed E-state index contributed by atoms with van der Waals surface area (Å²) in [4.78, 5) is 28.8. The first-order valence-corrected chi connectivity index (χ1v) is 7.50.